The molecule has 2 fully saturated rings. The number of para-hydroxylation sites is 2. The SMILES string of the molecule is Cc1nc2ccccc2n1CCC(=O)N1[C@H]2CC[C@H]1CC(O)(c1ccncc1)C2. The van der Waals surface area contributed by atoms with Crippen LogP contribution in [0.1, 0.15) is 43.5 Å². The number of piperidine rings is 1. The van der Waals surface area contributed by atoms with E-state index < -0.39 is 5.60 Å². The Morgan fingerprint density at radius 3 is 2.55 bits per heavy atom. The molecule has 4 heterocycles. The van der Waals surface area contributed by atoms with Crippen LogP contribution >= 0.6 is 0 Å². The van der Waals surface area contributed by atoms with E-state index >= 15 is 0 Å². The van der Waals surface area contributed by atoms with Crippen molar-refractivity contribution in [1.29, 1.82) is 0 Å². The van der Waals surface area contributed by atoms with Gasteiger partial charge in [0.25, 0.3) is 0 Å². The second-order valence-electron chi connectivity index (χ2n) is 8.41. The first-order valence-electron chi connectivity index (χ1n) is 10.4. The van der Waals surface area contributed by atoms with Gasteiger partial charge in [-0.15, -0.1) is 0 Å². The van der Waals surface area contributed by atoms with Gasteiger partial charge in [-0.25, -0.2) is 4.98 Å². The molecule has 0 spiro atoms. The van der Waals surface area contributed by atoms with Gasteiger partial charge in [0.05, 0.1) is 16.6 Å². The number of imidazole rings is 1. The minimum atomic E-state index is -0.858. The van der Waals surface area contributed by atoms with Crippen LogP contribution < -0.4 is 0 Å². The summed E-state index contributed by atoms with van der Waals surface area (Å²) in [6.07, 6.45) is 7.06. The number of nitrogens with zero attached hydrogens (tertiary/aromatic N) is 4. The summed E-state index contributed by atoms with van der Waals surface area (Å²) in [5.74, 6) is 1.12. The van der Waals surface area contributed by atoms with Gasteiger partial charge < -0.3 is 14.6 Å². The zero-order valence-corrected chi connectivity index (χ0v) is 16.7. The molecule has 0 unspecified atom stereocenters. The fraction of sp³-hybridized carbons (Fsp3) is 0.435. The maximum absolute atomic E-state index is 13.1. The van der Waals surface area contributed by atoms with Crippen LogP contribution in [0.2, 0.25) is 0 Å². The summed E-state index contributed by atoms with van der Waals surface area (Å²) < 4.78 is 2.13. The van der Waals surface area contributed by atoms with Gasteiger partial charge in [0, 0.05) is 50.3 Å². The fourth-order valence-electron chi connectivity index (χ4n) is 5.34. The summed E-state index contributed by atoms with van der Waals surface area (Å²) in [6, 6.07) is 12.1. The Morgan fingerprint density at radius 2 is 1.83 bits per heavy atom. The number of hydrogen-bond donors (Lipinski definition) is 1. The quantitative estimate of drug-likeness (QED) is 0.743. The van der Waals surface area contributed by atoms with Crippen LogP contribution in [0.25, 0.3) is 11.0 Å². The second-order valence-corrected chi connectivity index (χ2v) is 8.41. The summed E-state index contributed by atoms with van der Waals surface area (Å²) in [7, 11) is 0. The van der Waals surface area contributed by atoms with Crippen molar-refractivity contribution in [2.24, 2.45) is 0 Å². The molecule has 1 amide bonds. The van der Waals surface area contributed by atoms with Crippen molar-refractivity contribution in [3.63, 3.8) is 0 Å². The summed E-state index contributed by atoms with van der Waals surface area (Å²) in [4.78, 5) is 23.9. The average molecular weight is 390 g/mol. The minimum Gasteiger partial charge on any atom is -0.385 e. The Bertz CT molecular complexity index is 1030. The van der Waals surface area contributed by atoms with E-state index in [-0.39, 0.29) is 18.0 Å². The van der Waals surface area contributed by atoms with Crippen LogP contribution in [-0.4, -0.2) is 42.5 Å². The van der Waals surface area contributed by atoms with Gasteiger partial charge in [-0.2, -0.15) is 0 Å². The maximum atomic E-state index is 13.1. The first kappa shape index (κ1) is 18.3. The Hall–Kier alpha value is -2.73. The smallest absolute Gasteiger partial charge is 0.224 e. The number of benzene rings is 1. The van der Waals surface area contributed by atoms with Crippen LogP contribution in [0.5, 0.6) is 0 Å². The van der Waals surface area contributed by atoms with Crippen LogP contribution in [0.3, 0.4) is 0 Å². The molecule has 5 rings (SSSR count). The molecule has 0 aliphatic carbocycles. The number of amides is 1. The number of fused-ring (bicyclic) bond motifs is 3. The zero-order chi connectivity index (χ0) is 20.0. The Balaban J connectivity index is 1.31. The molecular formula is C23H26N4O2. The molecule has 0 radical (unpaired) electrons. The predicted octanol–water partition coefficient (Wildman–Crippen LogP) is 3.17. The van der Waals surface area contributed by atoms with Crippen molar-refractivity contribution in [2.45, 2.75) is 63.3 Å². The van der Waals surface area contributed by atoms with Crippen molar-refractivity contribution in [2.75, 3.05) is 0 Å². The highest BCUT2D eigenvalue weighted by molar-refractivity contribution is 5.79. The van der Waals surface area contributed by atoms with Crippen molar-refractivity contribution < 1.29 is 9.90 Å². The largest absolute Gasteiger partial charge is 0.385 e. The van der Waals surface area contributed by atoms with Crippen LogP contribution in [0.15, 0.2) is 48.8 Å². The maximum Gasteiger partial charge on any atom is 0.224 e. The number of hydrogen-bond acceptors (Lipinski definition) is 4. The lowest BCUT2D eigenvalue weighted by molar-refractivity contribution is -0.142. The standard InChI is InChI=1S/C23H26N4O2/c1-16-25-20-4-2-3-5-21(20)26(16)13-10-22(28)27-18-6-7-19(27)15-23(29,14-18)17-8-11-24-12-9-17/h2-5,8-9,11-12,18-19,29H,6-7,10,13-15H2,1H3/t18-,19-/m0/s1. The number of aryl methyl sites for hydroxylation is 2. The van der Waals surface area contributed by atoms with Gasteiger partial charge in [-0.3, -0.25) is 9.78 Å². The third-order valence-corrected chi connectivity index (χ3v) is 6.67. The number of pyridine rings is 1. The lowest BCUT2D eigenvalue weighted by Crippen LogP contribution is -2.52. The third kappa shape index (κ3) is 3.12. The molecule has 2 aliphatic heterocycles. The highest BCUT2D eigenvalue weighted by atomic mass is 16.3. The molecule has 2 saturated heterocycles. The van der Waals surface area contributed by atoms with Gasteiger partial charge in [-0.05, 0) is 49.6 Å². The molecule has 150 valence electrons. The van der Waals surface area contributed by atoms with Crippen LogP contribution in [-0.2, 0) is 16.9 Å². The molecule has 2 bridgehead atoms. The number of aromatic nitrogens is 3. The normalized spacial score (nSPS) is 26.2. The van der Waals surface area contributed by atoms with E-state index in [9.17, 15) is 9.90 Å². The molecule has 0 saturated carbocycles. The van der Waals surface area contributed by atoms with Gasteiger partial charge in [0.15, 0.2) is 0 Å². The average Bonchev–Trinajstić information content (AvgIpc) is 3.20. The number of carbonyl (C=O) groups excluding carboxylic acids is 1. The first-order chi connectivity index (χ1) is 14.0. The number of carbonyl (C=O) groups is 1. The highest BCUT2D eigenvalue weighted by Crippen LogP contribution is 2.45. The molecule has 3 aromatic rings. The lowest BCUT2D eigenvalue weighted by Gasteiger charge is -2.44. The topological polar surface area (TPSA) is 71.2 Å². The minimum absolute atomic E-state index is 0.111. The number of rotatable bonds is 4. The van der Waals surface area contributed by atoms with Crippen LogP contribution in [0, 0.1) is 6.92 Å². The third-order valence-electron chi connectivity index (χ3n) is 6.67. The van der Waals surface area contributed by atoms with E-state index in [2.05, 4.69) is 25.5 Å². The zero-order valence-electron chi connectivity index (χ0n) is 16.7. The number of aliphatic hydroxyl groups is 1. The van der Waals surface area contributed by atoms with Crippen molar-refractivity contribution >= 4 is 16.9 Å². The Kier molecular flexibility index (Phi) is 4.39. The fourth-order valence-corrected chi connectivity index (χ4v) is 5.34. The van der Waals surface area contributed by atoms with E-state index in [1.54, 1.807) is 12.4 Å². The molecule has 6 nitrogen and oxygen atoms in total. The van der Waals surface area contributed by atoms with Gasteiger partial charge in [-0.1, -0.05) is 12.1 Å². The predicted molar refractivity (Wildman–Crippen MR) is 110 cm³/mol. The molecule has 2 aromatic heterocycles. The van der Waals surface area contributed by atoms with Gasteiger partial charge >= 0.3 is 0 Å². The Labute approximate surface area is 170 Å². The molecule has 2 atom stereocenters. The van der Waals surface area contributed by atoms with E-state index in [0.717, 1.165) is 35.3 Å². The van der Waals surface area contributed by atoms with E-state index in [4.69, 9.17) is 0 Å². The molecule has 1 aromatic carbocycles. The molecule has 2 aliphatic rings. The van der Waals surface area contributed by atoms with E-state index in [0.29, 0.717) is 25.8 Å². The first-order valence-corrected chi connectivity index (χ1v) is 10.4. The van der Waals surface area contributed by atoms with Crippen molar-refractivity contribution in [3.8, 4) is 0 Å². The summed E-state index contributed by atoms with van der Waals surface area (Å²) >= 11 is 0. The van der Waals surface area contributed by atoms with Crippen molar-refractivity contribution in [1.82, 2.24) is 19.4 Å². The summed E-state index contributed by atoms with van der Waals surface area (Å²) in [5.41, 5.74) is 2.10. The highest BCUT2D eigenvalue weighted by Gasteiger charge is 2.49. The van der Waals surface area contributed by atoms with Crippen LogP contribution in [0.4, 0.5) is 0 Å². The van der Waals surface area contributed by atoms with Crippen molar-refractivity contribution in [3.05, 3.63) is 60.2 Å². The Morgan fingerprint density at radius 1 is 1.14 bits per heavy atom. The summed E-state index contributed by atoms with van der Waals surface area (Å²) in [5, 5.41) is 11.3. The summed E-state index contributed by atoms with van der Waals surface area (Å²) in [6.45, 7) is 2.62. The van der Waals surface area contributed by atoms with Gasteiger partial charge in [0.2, 0.25) is 5.91 Å². The molecule has 1 N–H and O–H groups in total. The van der Waals surface area contributed by atoms with E-state index in [1.165, 1.54) is 0 Å². The molecule has 29 heavy (non-hydrogen) atoms. The molecule has 6 heteroatoms. The van der Waals surface area contributed by atoms with E-state index in [1.807, 2.05) is 37.3 Å². The second kappa shape index (κ2) is 6.95. The van der Waals surface area contributed by atoms with Gasteiger partial charge in [0.1, 0.15) is 5.82 Å². The lowest BCUT2D eigenvalue weighted by atomic mass is 9.81. The monoisotopic (exact) mass is 390 g/mol. The molecular weight excluding hydrogens is 364 g/mol.